The zero-order chi connectivity index (χ0) is 30.6. The maximum Gasteiger partial charge on any atom is 0.246 e. The van der Waals surface area contributed by atoms with Gasteiger partial charge in [0.2, 0.25) is 17.7 Å². The van der Waals surface area contributed by atoms with Crippen molar-refractivity contribution in [3.8, 4) is 5.75 Å². The molecule has 3 fully saturated rings. The van der Waals surface area contributed by atoms with Crippen molar-refractivity contribution in [2.24, 2.45) is 11.8 Å². The molecule has 3 heterocycles. The standard InChI is InChI=1S/C35H43N3O5/c1-33(2,3)37-31(40)29-35-20-19-34(4,43-35)27(30(39)36-21-22-11-17-26(42-5)18-12-22)28(35)32(41)38(29)25-15-13-24(14-16-25)23-9-7-6-8-10-23/h11-20,23,27-29H,6-10,21H2,1-5H3,(H,36,39)(H,37,40)/t27-,28-,29-,34+,35+/m0/s1. The molecular weight excluding hydrogens is 542 g/mol. The van der Waals surface area contributed by atoms with Gasteiger partial charge in [-0.15, -0.1) is 0 Å². The van der Waals surface area contributed by atoms with Gasteiger partial charge >= 0.3 is 0 Å². The maximum absolute atomic E-state index is 14.5. The largest absolute Gasteiger partial charge is 0.497 e. The van der Waals surface area contributed by atoms with E-state index >= 15 is 0 Å². The van der Waals surface area contributed by atoms with Crippen molar-refractivity contribution in [2.75, 3.05) is 12.0 Å². The fourth-order valence-corrected chi connectivity index (χ4v) is 7.64. The molecule has 8 nitrogen and oxygen atoms in total. The number of nitrogens with zero attached hydrogens (tertiary/aromatic N) is 1. The van der Waals surface area contributed by atoms with Gasteiger partial charge in [0.25, 0.3) is 0 Å². The van der Waals surface area contributed by atoms with Gasteiger partial charge in [-0.1, -0.05) is 55.7 Å². The lowest BCUT2D eigenvalue weighted by Crippen LogP contribution is -2.58. The highest BCUT2D eigenvalue weighted by molar-refractivity contribution is 6.10. The van der Waals surface area contributed by atoms with Gasteiger partial charge in [0, 0.05) is 17.8 Å². The summed E-state index contributed by atoms with van der Waals surface area (Å²) in [5.74, 6) is -1.21. The molecule has 8 heteroatoms. The zero-order valence-electron chi connectivity index (χ0n) is 25.8. The third-order valence-corrected chi connectivity index (χ3v) is 9.60. The van der Waals surface area contributed by atoms with Crippen molar-refractivity contribution < 1.29 is 23.9 Å². The summed E-state index contributed by atoms with van der Waals surface area (Å²) in [6.07, 6.45) is 9.82. The van der Waals surface area contributed by atoms with Crippen LogP contribution in [0.15, 0.2) is 60.7 Å². The number of benzene rings is 2. The van der Waals surface area contributed by atoms with E-state index in [4.69, 9.17) is 9.47 Å². The Bertz CT molecular complexity index is 1420. The molecule has 1 saturated carbocycles. The van der Waals surface area contributed by atoms with Crippen LogP contribution in [-0.2, 0) is 25.7 Å². The number of carbonyl (C=O) groups is 3. The van der Waals surface area contributed by atoms with Gasteiger partial charge in [-0.2, -0.15) is 0 Å². The first-order valence-corrected chi connectivity index (χ1v) is 15.5. The Balaban J connectivity index is 1.32. The predicted octanol–water partition coefficient (Wildman–Crippen LogP) is 5.02. The van der Waals surface area contributed by atoms with Gasteiger partial charge in [0.1, 0.15) is 17.4 Å². The van der Waals surface area contributed by atoms with E-state index in [9.17, 15) is 14.4 Å². The Morgan fingerprint density at radius 1 is 0.977 bits per heavy atom. The molecule has 0 unspecified atom stereocenters. The van der Waals surface area contributed by atoms with E-state index in [1.165, 1.54) is 37.7 Å². The minimum atomic E-state index is -1.26. The van der Waals surface area contributed by atoms with Crippen LogP contribution in [0.25, 0.3) is 0 Å². The van der Waals surface area contributed by atoms with E-state index in [2.05, 4.69) is 22.8 Å². The molecule has 6 rings (SSSR count). The zero-order valence-corrected chi connectivity index (χ0v) is 25.8. The number of anilines is 1. The fourth-order valence-electron chi connectivity index (χ4n) is 7.64. The number of hydrogen-bond acceptors (Lipinski definition) is 5. The molecule has 2 aromatic carbocycles. The van der Waals surface area contributed by atoms with E-state index in [1.807, 2.05) is 76.2 Å². The molecule has 3 amide bonds. The molecule has 5 atom stereocenters. The minimum Gasteiger partial charge on any atom is -0.497 e. The predicted molar refractivity (Wildman–Crippen MR) is 165 cm³/mol. The number of amides is 3. The number of carbonyl (C=O) groups excluding carboxylic acids is 3. The van der Waals surface area contributed by atoms with Gasteiger partial charge in [0.05, 0.1) is 24.5 Å². The molecule has 4 aliphatic rings. The fraction of sp³-hybridized carbons (Fsp3) is 0.514. The average molecular weight is 586 g/mol. The third-order valence-electron chi connectivity index (χ3n) is 9.60. The number of hydrogen-bond donors (Lipinski definition) is 2. The van der Waals surface area contributed by atoms with Crippen molar-refractivity contribution >= 4 is 23.4 Å². The van der Waals surface area contributed by atoms with Gasteiger partial charge in [-0.3, -0.25) is 19.3 Å². The molecular formula is C35H43N3O5. The van der Waals surface area contributed by atoms with Crippen LogP contribution in [0.3, 0.4) is 0 Å². The molecule has 1 aliphatic carbocycles. The quantitative estimate of drug-likeness (QED) is 0.445. The first-order valence-electron chi connectivity index (χ1n) is 15.5. The summed E-state index contributed by atoms with van der Waals surface area (Å²) in [6, 6.07) is 14.6. The van der Waals surface area contributed by atoms with Crippen LogP contribution in [0.1, 0.15) is 76.8 Å². The summed E-state index contributed by atoms with van der Waals surface area (Å²) in [4.78, 5) is 44.0. The van der Waals surface area contributed by atoms with Crippen LogP contribution in [0, 0.1) is 11.8 Å². The number of methoxy groups -OCH3 is 1. The summed E-state index contributed by atoms with van der Waals surface area (Å²) >= 11 is 0. The molecule has 0 radical (unpaired) electrons. The molecule has 228 valence electrons. The average Bonchev–Trinajstić information content (AvgIpc) is 3.56. The molecule has 2 N–H and O–H groups in total. The van der Waals surface area contributed by atoms with E-state index in [1.54, 1.807) is 12.0 Å². The van der Waals surface area contributed by atoms with E-state index < -0.39 is 34.6 Å². The van der Waals surface area contributed by atoms with Crippen LogP contribution >= 0.6 is 0 Å². The normalized spacial score (nSPS) is 29.9. The molecule has 2 saturated heterocycles. The third kappa shape index (κ3) is 5.13. The number of nitrogens with one attached hydrogen (secondary N) is 2. The number of fused-ring (bicyclic) bond motifs is 1. The lowest BCUT2D eigenvalue weighted by atomic mass is 9.70. The second kappa shape index (κ2) is 10.8. The van der Waals surface area contributed by atoms with Crippen molar-refractivity contribution in [2.45, 2.75) is 95.0 Å². The first kappa shape index (κ1) is 29.4. The summed E-state index contributed by atoms with van der Waals surface area (Å²) in [5.41, 5.74) is 0.0285. The molecule has 2 aromatic rings. The van der Waals surface area contributed by atoms with Crippen molar-refractivity contribution in [3.63, 3.8) is 0 Å². The van der Waals surface area contributed by atoms with Crippen LogP contribution in [0.5, 0.6) is 5.75 Å². The Kier molecular flexibility index (Phi) is 7.40. The van der Waals surface area contributed by atoms with Crippen LogP contribution < -0.4 is 20.3 Å². The number of rotatable bonds is 7. The second-order valence-corrected chi connectivity index (χ2v) is 13.8. The Morgan fingerprint density at radius 3 is 2.28 bits per heavy atom. The second-order valence-electron chi connectivity index (χ2n) is 13.8. The molecule has 1 spiro atoms. The summed E-state index contributed by atoms with van der Waals surface area (Å²) in [7, 11) is 1.61. The molecule has 43 heavy (non-hydrogen) atoms. The van der Waals surface area contributed by atoms with Gasteiger partial charge in [0.15, 0.2) is 0 Å². The monoisotopic (exact) mass is 585 g/mol. The summed E-state index contributed by atoms with van der Waals surface area (Å²) < 4.78 is 11.9. The van der Waals surface area contributed by atoms with Crippen LogP contribution in [-0.4, -0.2) is 47.6 Å². The highest BCUT2D eigenvalue weighted by Gasteiger charge is 2.76. The van der Waals surface area contributed by atoms with Crippen molar-refractivity contribution in [1.82, 2.24) is 10.6 Å². The van der Waals surface area contributed by atoms with Gasteiger partial charge < -0.3 is 20.1 Å². The lowest BCUT2D eigenvalue weighted by molar-refractivity contribution is -0.134. The molecule has 2 bridgehead atoms. The summed E-state index contributed by atoms with van der Waals surface area (Å²) in [5, 5.41) is 6.12. The van der Waals surface area contributed by atoms with E-state index in [0.717, 1.165) is 11.3 Å². The van der Waals surface area contributed by atoms with Crippen LogP contribution in [0.2, 0.25) is 0 Å². The van der Waals surface area contributed by atoms with Gasteiger partial charge in [-0.05, 0) is 81.8 Å². The van der Waals surface area contributed by atoms with E-state index in [-0.39, 0.29) is 17.7 Å². The highest BCUT2D eigenvalue weighted by Crippen LogP contribution is 2.60. The van der Waals surface area contributed by atoms with Crippen LogP contribution in [0.4, 0.5) is 5.69 Å². The Labute approximate surface area is 254 Å². The smallest absolute Gasteiger partial charge is 0.246 e. The first-order chi connectivity index (χ1) is 20.5. The molecule has 0 aromatic heterocycles. The van der Waals surface area contributed by atoms with Crippen molar-refractivity contribution in [3.05, 3.63) is 71.8 Å². The Hall–Kier alpha value is -3.65. The lowest BCUT2D eigenvalue weighted by Gasteiger charge is -2.35. The number of ether oxygens (including phenoxy) is 2. The molecule has 3 aliphatic heterocycles. The van der Waals surface area contributed by atoms with E-state index in [0.29, 0.717) is 18.2 Å². The topological polar surface area (TPSA) is 97.0 Å². The van der Waals surface area contributed by atoms with Gasteiger partial charge in [-0.25, -0.2) is 0 Å². The minimum absolute atomic E-state index is 0.267. The van der Waals surface area contributed by atoms with Crippen molar-refractivity contribution in [1.29, 1.82) is 0 Å². The summed E-state index contributed by atoms with van der Waals surface area (Å²) in [6.45, 7) is 7.88. The SMILES string of the molecule is COc1ccc(CNC(=O)[C@@H]2[C@H]3C(=O)N(c4ccc(C5CCCCC5)cc4)[C@@H](C(=O)NC(C)(C)C)[C@@]34C=C[C@@]2(C)O4)cc1. The maximum atomic E-state index is 14.5. The Morgan fingerprint density at radius 2 is 1.65 bits per heavy atom. The highest BCUT2D eigenvalue weighted by atomic mass is 16.5.